The minimum Gasteiger partial charge on any atom is -0.370 e. The van der Waals surface area contributed by atoms with E-state index in [-0.39, 0.29) is 12.5 Å². The van der Waals surface area contributed by atoms with Crippen molar-refractivity contribution >= 4 is 21.8 Å². The summed E-state index contributed by atoms with van der Waals surface area (Å²) in [5, 5.41) is 4.38. The van der Waals surface area contributed by atoms with Crippen LogP contribution in [0.1, 0.15) is 31.7 Å². The number of rotatable bonds is 2. The van der Waals surface area contributed by atoms with Crippen LogP contribution in [0.2, 0.25) is 0 Å². The summed E-state index contributed by atoms with van der Waals surface area (Å²) in [6, 6.07) is 0.749. The maximum absolute atomic E-state index is 11.9. The van der Waals surface area contributed by atoms with E-state index in [0.717, 1.165) is 36.7 Å². The van der Waals surface area contributed by atoms with Gasteiger partial charge in [0.05, 0.1) is 23.3 Å². The standard InChI is InChI=1S/C13H18BrN3O2/c14-10-7-15-17(8-10)12-3-1-2-11(6-12)16-4-5-19-9-13(16)18/h7-8,11-12H,1-6,9H2/t11-,12?/m0/s1. The van der Waals surface area contributed by atoms with Crippen LogP contribution in [0.3, 0.4) is 0 Å². The van der Waals surface area contributed by atoms with E-state index in [2.05, 4.69) is 21.0 Å². The smallest absolute Gasteiger partial charge is 0.248 e. The first-order chi connectivity index (χ1) is 9.24. The van der Waals surface area contributed by atoms with E-state index in [0.29, 0.717) is 18.7 Å². The molecule has 0 bridgehead atoms. The number of carbonyl (C=O) groups excluding carboxylic acids is 1. The Labute approximate surface area is 121 Å². The van der Waals surface area contributed by atoms with Gasteiger partial charge in [-0.2, -0.15) is 5.10 Å². The van der Waals surface area contributed by atoms with Crippen molar-refractivity contribution in [2.75, 3.05) is 19.8 Å². The summed E-state index contributed by atoms with van der Waals surface area (Å²) in [5.74, 6) is 0.138. The summed E-state index contributed by atoms with van der Waals surface area (Å²) in [6.07, 6.45) is 8.24. The van der Waals surface area contributed by atoms with Crippen molar-refractivity contribution in [2.24, 2.45) is 0 Å². The van der Waals surface area contributed by atoms with Gasteiger partial charge in [-0.25, -0.2) is 0 Å². The maximum atomic E-state index is 11.9. The zero-order valence-electron chi connectivity index (χ0n) is 10.8. The molecule has 19 heavy (non-hydrogen) atoms. The minimum atomic E-state index is 0.138. The first-order valence-electron chi connectivity index (χ1n) is 6.81. The zero-order chi connectivity index (χ0) is 13.2. The highest BCUT2D eigenvalue weighted by Crippen LogP contribution is 2.32. The number of nitrogens with zero attached hydrogens (tertiary/aromatic N) is 3. The van der Waals surface area contributed by atoms with E-state index in [1.54, 1.807) is 0 Å². The lowest BCUT2D eigenvalue weighted by atomic mass is 9.89. The first kappa shape index (κ1) is 13.1. The van der Waals surface area contributed by atoms with E-state index >= 15 is 0 Å². The van der Waals surface area contributed by atoms with Crippen LogP contribution in [-0.2, 0) is 9.53 Å². The average molecular weight is 328 g/mol. The van der Waals surface area contributed by atoms with Crippen LogP contribution in [0.15, 0.2) is 16.9 Å². The molecule has 104 valence electrons. The quantitative estimate of drug-likeness (QED) is 0.834. The molecule has 0 spiro atoms. The van der Waals surface area contributed by atoms with E-state index in [1.165, 1.54) is 0 Å². The number of hydrogen-bond acceptors (Lipinski definition) is 3. The van der Waals surface area contributed by atoms with Crippen LogP contribution in [0.5, 0.6) is 0 Å². The molecule has 1 unspecified atom stereocenters. The predicted molar refractivity (Wildman–Crippen MR) is 73.8 cm³/mol. The molecule has 2 aliphatic rings. The highest BCUT2D eigenvalue weighted by atomic mass is 79.9. The van der Waals surface area contributed by atoms with E-state index in [4.69, 9.17) is 4.74 Å². The number of amides is 1. The van der Waals surface area contributed by atoms with E-state index < -0.39 is 0 Å². The SMILES string of the molecule is O=C1COCCN1[C@H]1CCCC(n2cc(Br)cn2)C1. The Kier molecular flexibility index (Phi) is 3.88. The van der Waals surface area contributed by atoms with Crippen molar-refractivity contribution in [2.45, 2.75) is 37.8 Å². The molecular formula is C13H18BrN3O2. The lowest BCUT2D eigenvalue weighted by Crippen LogP contribution is -2.49. The van der Waals surface area contributed by atoms with Crippen molar-refractivity contribution < 1.29 is 9.53 Å². The Balaban J connectivity index is 1.69. The fraction of sp³-hybridized carbons (Fsp3) is 0.692. The molecule has 2 heterocycles. The molecule has 2 fully saturated rings. The third-order valence-corrected chi connectivity index (χ3v) is 4.44. The normalized spacial score (nSPS) is 28.7. The summed E-state index contributed by atoms with van der Waals surface area (Å²) < 4.78 is 8.24. The van der Waals surface area contributed by atoms with Gasteiger partial charge in [-0.05, 0) is 41.6 Å². The van der Waals surface area contributed by atoms with Gasteiger partial charge in [-0.1, -0.05) is 0 Å². The monoisotopic (exact) mass is 327 g/mol. The molecule has 6 heteroatoms. The van der Waals surface area contributed by atoms with E-state index in [9.17, 15) is 4.79 Å². The number of carbonyl (C=O) groups is 1. The van der Waals surface area contributed by atoms with Gasteiger partial charge in [0, 0.05) is 18.8 Å². The molecule has 0 radical (unpaired) electrons. The molecular weight excluding hydrogens is 310 g/mol. The molecule has 0 N–H and O–H groups in total. The van der Waals surface area contributed by atoms with Gasteiger partial charge >= 0.3 is 0 Å². The van der Waals surface area contributed by atoms with Crippen molar-refractivity contribution in [1.29, 1.82) is 0 Å². The summed E-state index contributed by atoms with van der Waals surface area (Å²) in [7, 11) is 0. The van der Waals surface area contributed by atoms with Crippen molar-refractivity contribution in [3.8, 4) is 0 Å². The molecule has 1 saturated heterocycles. The molecule has 1 aromatic heterocycles. The molecule has 2 atom stereocenters. The highest BCUT2D eigenvalue weighted by Gasteiger charge is 2.32. The number of morpholine rings is 1. The fourth-order valence-electron chi connectivity index (χ4n) is 3.09. The van der Waals surface area contributed by atoms with Crippen molar-refractivity contribution in [3.05, 3.63) is 16.9 Å². The Morgan fingerprint density at radius 3 is 2.95 bits per heavy atom. The largest absolute Gasteiger partial charge is 0.370 e. The Morgan fingerprint density at radius 2 is 2.21 bits per heavy atom. The molecule has 5 nitrogen and oxygen atoms in total. The lowest BCUT2D eigenvalue weighted by Gasteiger charge is -2.39. The Morgan fingerprint density at radius 1 is 1.37 bits per heavy atom. The second-order valence-electron chi connectivity index (χ2n) is 5.25. The van der Waals surface area contributed by atoms with Crippen molar-refractivity contribution in [1.82, 2.24) is 14.7 Å². The molecule has 0 aromatic carbocycles. The fourth-order valence-corrected chi connectivity index (χ4v) is 3.39. The van der Waals surface area contributed by atoms with E-state index in [1.807, 2.05) is 22.0 Å². The molecule has 1 saturated carbocycles. The second kappa shape index (κ2) is 5.63. The number of ether oxygens (including phenoxy) is 1. The number of aromatic nitrogens is 2. The second-order valence-corrected chi connectivity index (χ2v) is 6.17. The minimum absolute atomic E-state index is 0.138. The topological polar surface area (TPSA) is 47.4 Å². The van der Waals surface area contributed by atoms with Crippen LogP contribution in [-0.4, -0.2) is 46.4 Å². The Hall–Kier alpha value is -0.880. The van der Waals surface area contributed by atoms with Crippen molar-refractivity contribution in [3.63, 3.8) is 0 Å². The average Bonchev–Trinajstić information content (AvgIpc) is 2.86. The van der Waals surface area contributed by atoms with Crippen LogP contribution < -0.4 is 0 Å². The van der Waals surface area contributed by atoms with Crippen LogP contribution >= 0.6 is 15.9 Å². The van der Waals surface area contributed by atoms with Gasteiger partial charge in [0.25, 0.3) is 0 Å². The van der Waals surface area contributed by atoms with Gasteiger partial charge in [-0.15, -0.1) is 0 Å². The molecule has 3 rings (SSSR count). The van der Waals surface area contributed by atoms with Gasteiger partial charge in [0.1, 0.15) is 6.61 Å². The highest BCUT2D eigenvalue weighted by molar-refractivity contribution is 9.10. The first-order valence-corrected chi connectivity index (χ1v) is 7.60. The Bertz CT molecular complexity index is 462. The van der Waals surface area contributed by atoms with Crippen LogP contribution in [0.25, 0.3) is 0 Å². The third kappa shape index (κ3) is 2.84. The summed E-state index contributed by atoms with van der Waals surface area (Å²) in [5.41, 5.74) is 0. The molecule has 1 aliphatic carbocycles. The predicted octanol–water partition coefficient (Wildman–Crippen LogP) is 1.99. The van der Waals surface area contributed by atoms with Crippen LogP contribution in [0.4, 0.5) is 0 Å². The summed E-state index contributed by atoms with van der Waals surface area (Å²) >= 11 is 3.44. The third-order valence-electron chi connectivity index (χ3n) is 4.03. The summed E-state index contributed by atoms with van der Waals surface area (Å²) in [4.78, 5) is 13.9. The van der Waals surface area contributed by atoms with Gasteiger partial charge < -0.3 is 9.64 Å². The van der Waals surface area contributed by atoms with Crippen LogP contribution in [0, 0.1) is 0 Å². The molecule has 1 aromatic rings. The van der Waals surface area contributed by atoms with Gasteiger partial charge in [-0.3, -0.25) is 9.48 Å². The van der Waals surface area contributed by atoms with Gasteiger partial charge in [0.15, 0.2) is 0 Å². The van der Waals surface area contributed by atoms with Gasteiger partial charge in [0.2, 0.25) is 5.91 Å². The maximum Gasteiger partial charge on any atom is 0.248 e. The zero-order valence-corrected chi connectivity index (χ0v) is 12.4. The molecule has 1 aliphatic heterocycles. The summed E-state index contributed by atoms with van der Waals surface area (Å²) in [6.45, 7) is 1.65. The number of halogens is 1. The molecule has 1 amide bonds. The lowest BCUT2D eigenvalue weighted by molar-refractivity contribution is -0.146. The number of hydrogen-bond donors (Lipinski definition) is 0.